The molecule has 4 aliphatic heterocycles. The van der Waals surface area contributed by atoms with E-state index in [-0.39, 0.29) is 55.8 Å². The van der Waals surface area contributed by atoms with Gasteiger partial charge in [0.05, 0.1) is 39.5 Å². The van der Waals surface area contributed by atoms with E-state index in [0.29, 0.717) is 19.9 Å². The monoisotopic (exact) mass is 462 g/mol. The summed E-state index contributed by atoms with van der Waals surface area (Å²) >= 11 is 0. The van der Waals surface area contributed by atoms with Crippen molar-refractivity contribution in [3.8, 4) is 0 Å². The van der Waals surface area contributed by atoms with Gasteiger partial charge in [0.25, 0.3) is 0 Å². The van der Waals surface area contributed by atoms with E-state index in [9.17, 15) is 19.2 Å². The van der Waals surface area contributed by atoms with Crippen LogP contribution in [0.1, 0.15) is 45.4 Å². The third-order valence-corrected chi connectivity index (χ3v) is 7.32. The van der Waals surface area contributed by atoms with Crippen LogP contribution in [0.3, 0.4) is 0 Å². The van der Waals surface area contributed by atoms with E-state index < -0.39 is 0 Å². The van der Waals surface area contributed by atoms with Crippen LogP contribution in [-0.4, -0.2) is 131 Å². The van der Waals surface area contributed by atoms with Crippen molar-refractivity contribution < 1.29 is 19.2 Å². The average Bonchev–Trinajstić information content (AvgIpc) is 2.80. The molecule has 0 aromatic carbocycles. The van der Waals surface area contributed by atoms with Crippen LogP contribution in [-0.2, 0) is 19.2 Å². The van der Waals surface area contributed by atoms with Gasteiger partial charge in [0, 0.05) is 12.6 Å². The molecule has 4 aliphatic rings. The van der Waals surface area contributed by atoms with E-state index in [1.54, 1.807) is 0 Å². The number of hydrogen-bond donors (Lipinski definition) is 0. The minimum absolute atomic E-state index is 0.107. The van der Waals surface area contributed by atoms with Gasteiger partial charge < -0.3 is 0 Å². The first-order valence-corrected chi connectivity index (χ1v) is 12.5. The first-order chi connectivity index (χ1) is 15.9. The lowest BCUT2D eigenvalue weighted by molar-refractivity contribution is -0.158. The first-order valence-electron chi connectivity index (χ1n) is 12.5. The fourth-order valence-electron chi connectivity index (χ4n) is 5.31. The Bertz CT molecular complexity index is 713. The first kappa shape index (κ1) is 24.3. The molecule has 0 saturated carbocycles. The smallest absolute Gasteiger partial charge is 0.244 e. The molecule has 10 nitrogen and oxygen atoms in total. The van der Waals surface area contributed by atoms with Crippen molar-refractivity contribution in [2.24, 2.45) is 0 Å². The van der Waals surface area contributed by atoms with Crippen LogP contribution in [0.25, 0.3) is 0 Å². The Hall–Kier alpha value is -1.88. The third-order valence-electron chi connectivity index (χ3n) is 7.32. The van der Waals surface area contributed by atoms with Crippen molar-refractivity contribution in [2.45, 2.75) is 51.5 Å². The molecule has 10 heteroatoms. The SMILES string of the molecule is CC(CN1CC(=O)N(CN2CCCCC2)C(=O)C1)N1CC(=O)N(CN2CCCCC2)C(=O)C1. The highest BCUT2D eigenvalue weighted by Crippen LogP contribution is 2.16. The average molecular weight is 463 g/mol. The maximum atomic E-state index is 12.7. The van der Waals surface area contributed by atoms with Crippen molar-refractivity contribution in [3.05, 3.63) is 0 Å². The normalized spacial score (nSPS) is 26.3. The summed E-state index contributed by atoms with van der Waals surface area (Å²) in [6, 6.07) is -0.107. The molecule has 4 fully saturated rings. The molecule has 0 N–H and O–H groups in total. The molecule has 0 spiro atoms. The maximum Gasteiger partial charge on any atom is 0.244 e. The Morgan fingerprint density at radius 2 is 0.970 bits per heavy atom. The molecule has 4 heterocycles. The zero-order valence-corrected chi connectivity index (χ0v) is 19.9. The number of carbonyl (C=O) groups is 4. The molecule has 33 heavy (non-hydrogen) atoms. The Balaban J connectivity index is 1.25. The topological polar surface area (TPSA) is 87.7 Å². The Morgan fingerprint density at radius 3 is 1.39 bits per heavy atom. The van der Waals surface area contributed by atoms with Crippen LogP contribution >= 0.6 is 0 Å². The van der Waals surface area contributed by atoms with Gasteiger partial charge in [-0.25, -0.2) is 0 Å². The van der Waals surface area contributed by atoms with Crippen molar-refractivity contribution in [3.63, 3.8) is 0 Å². The third kappa shape index (κ3) is 6.17. The van der Waals surface area contributed by atoms with Gasteiger partial charge in [0.2, 0.25) is 23.6 Å². The lowest BCUT2D eigenvalue weighted by atomic mass is 10.1. The van der Waals surface area contributed by atoms with E-state index >= 15 is 0 Å². The lowest BCUT2D eigenvalue weighted by Gasteiger charge is -2.41. The standard InChI is InChI=1S/C23H38N6O4/c1-19(27-15-22(32)29(23(33)16-27)18-25-10-6-3-7-11-25)12-26-13-20(30)28(21(31)14-26)17-24-8-4-2-5-9-24/h19H,2-18H2,1H3. The molecular formula is C23H38N6O4. The highest BCUT2D eigenvalue weighted by molar-refractivity contribution is 6.00. The number of rotatable bonds is 7. The molecule has 0 aliphatic carbocycles. The number of hydrogen-bond acceptors (Lipinski definition) is 8. The summed E-state index contributed by atoms with van der Waals surface area (Å²) in [5, 5.41) is 0. The molecular weight excluding hydrogens is 424 g/mol. The quantitative estimate of drug-likeness (QED) is 0.473. The summed E-state index contributed by atoms with van der Waals surface area (Å²) in [5.74, 6) is -0.658. The van der Waals surface area contributed by atoms with E-state index in [1.165, 1.54) is 22.6 Å². The van der Waals surface area contributed by atoms with Gasteiger partial charge in [-0.15, -0.1) is 0 Å². The number of piperidine rings is 2. The number of amides is 4. The summed E-state index contributed by atoms with van der Waals surface area (Å²) in [4.78, 5) is 61.7. The molecule has 1 unspecified atom stereocenters. The predicted molar refractivity (Wildman–Crippen MR) is 122 cm³/mol. The number of carbonyl (C=O) groups excluding carboxylic acids is 4. The van der Waals surface area contributed by atoms with Gasteiger partial charge >= 0.3 is 0 Å². The van der Waals surface area contributed by atoms with Crippen LogP contribution < -0.4 is 0 Å². The van der Waals surface area contributed by atoms with Crippen molar-refractivity contribution in [1.82, 2.24) is 29.4 Å². The summed E-state index contributed by atoms with van der Waals surface area (Å²) < 4.78 is 0. The minimum atomic E-state index is -0.165. The summed E-state index contributed by atoms with van der Waals surface area (Å²) in [5.41, 5.74) is 0. The Labute approximate surface area is 196 Å². The molecule has 4 amide bonds. The van der Waals surface area contributed by atoms with E-state index in [0.717, 1.165) is 51.9 Å². The second-order valence-corrected chi connectivity index (χ2v) is 9.99. The van der Waals surface area contributed by atoms with E-state index in [2.05, 4.69) is 9.80 Å². The summed E-state index contributed by atoms with van der Waals surface area (Å²) in [7, 11) is 0. The van der Waals surface area contributed by atoms with Crippen LogP contribution in [0, 0.1) is 0 Å². The Morgan fingerprint density at radius 1 is 0.576 bits per heavy atom. The van der Waals surface area contributed by atoms with Crippen molar-refractivity contribution >= 4 is 23.6 Å². The highest BCUT2D eigenvalue weighted by Gasteiger charge is 2.37. The van der Waals surface area contributed by atoms with Crippen LogP contribution in [0.5, 0.6) is 0 Å². The second kappa shape index (κ2) is 11.0. The largest absolute Gasteiger partial charge is 0.286 e. The molecule has 0 bridgehead atoms. The van der Waals surface area contributed by atoms with Gasteiger partial charge in [-0.05, 0) is 58.8 Å². The molecule has 0 aromatic heterocycles. The Kier molecular flexibility index (Phi) is 8.11. The van der Waals surface area contributed by atoms with Crippen molar-refractivity contribution in [1.29, 1.82) is 0 Å². The van der Waals surface area contributed by atoms with Crippen LogP contribution in [0.15, 0.2) is 0 Å². The number of likely N-dealkylation sites (tertiary alicyclic amines) is 2. The molecule has 0 radical (unpaired) electrons. The molecule has 184 valence electrons. The number of piperazine rings is 2. The summed E-state index contributed by atoms with van der Waals surface area (Å²) in [6.07, 6.45) is 6.87. The molecule has 1 atom stereocenters. The number of imide groups is 2. The highest BCUT2D eigenvalue weighted by atomic mass is 16.2. The van der Waals surface area contributed by atoms with Crippen LogP contribution in [0.2, 0.25) is 0 Å². The molecule has 0 aromatic rings. The zero-order chi connectivity index (χ0) is 23.4. The zero-order valence-electron chi connectivity index (χ0n) is 19.9. The fourth-order valence-corrected chi connectivity index (χ4v) is 5.31. The predicted octanol–water partition coefficient (Wildman–Crippen LogP) is -0.397. The van der Waals surface area contributed by atoms with Crippen LogP contribution in [0.4, 0.5) is 0 Å². The minimum Gasteiger partial charge on any atom is -0.286 e. The van der Waals surface area contributed by atoms with Gasteiger partial charge in [0.15, 0.2) is 0 Å². The fraction of sp³-hybridized carbons (Fsp3) is 0.826. The maximum absolute atomic E-state index is 12.7. The number of nitrogens with zero attached hydrogens (tertiary/aromatic N) is 6. The summed E-state index contributed by atoms with van der Waals surface area (Å²) in [6.45, 7) is 7.72. The van der Waals surface area contributed by atoms with E-state index in [1.807, 2.05) is 16.7 Å². The van der Waals surface area contributed by atoms with Gasteiger partial charge in [-0.3, -0.25) is 48.6 Å². The van der Waals surface area contributed by atoms with E-state index in [4.69, 9.17) is 0 Å². The molecule has 4 rings (SSSR count). The second-order valence-electron chi connectivity index (χ2n) is 9.99. The van der Waals surface area contributed by atoms with Gasteiger partial charge in [-0.1, -0.05) is 12.8 Å². The van der Waals surface area contributed by atoms with Crippen molar-refractivity contribution in [2.75, 3.05) is 72.2 Å². The van der Waals surface area contributed by atoms with Gasteiger partial charge in [-0.2, -0.15) is 0 Å². The molecule has 4 saturated heterocycles. The van der Waals surface area contributed by atoms with Gasteiger partial charge in [0.1, 0.15) is 0 Å². The lowest BCUT2D eigenvalue weighted by Crippen LogP contribution is -2.62.